The van der Waals surface area contributed by atoms with Gasteiger partial charge in [0.1, 0.15) is 0 Å². The first-order valence-corrected chi connectivity index (χ1v) is 10.9. The molecule has 0 spiro atoms. The molecule has 3 rings (SSSR count). The van der Waals surface area contributed by atoms with Crippen LogP contribution in [-0.4, -0.2) is 20.4 Å². The van der Waals surface area contributed by atoms with E-state index >= 15 is 0 Å². The van der Waals surface area contributed by atoms with Crippen LogP contribution in [0.5, 0.6) is 0 Å². The largest absolute Gasteiger partial charge is 0.390 e. The van der Waals surface area contributed by atoms with E-state index in [0.717, 1.165) is 23.7 Å². The Labute approximate surface area is 138 Å². The van der Waals surface area contributed by atoms with Crippen molar-refractivity contribution in [1.82, 2.24) is 0 Å². The molecule has 122 valence electrons. The Morgan fingerprint density at radius 1 is 1.17 bits per heavy atom. The third-order valence-electron chi connectivity index (χ3n) is 4.05. The highest BCUT2D eigenvalue weighted by molar-refractivity contribution is 6.64. The molecule has 1 atom stereocenters. The molecule has 0 aromatic heterocycles. The van der Waals surface area contributed by atoms with Gasteiger partial charge in [-0.15, -0.1) is 0 Å². The minimum absolute atomic E-state index is 0.0135. The monoisotopic (exact) mass is 328 g/mol. The molecule has 1 aliphatic rings. The lowest BCUT2D eigenvalue weighted by atomic mass is 10.0. The van der Waals surface area contributed by atoms with Gasteiger partial charge in [-0.1, -0.05) is 30.3 Å². The van der Waals surface area contributed by atoms with Crippen molar-refractivity contribution in [2.75, 3.05) is 0 Å². The van der Waals surface area contributed by atoms with E-state index in [1.54, 1.807) is 0 Å². The molecule has 0 bridgehead atoms. The Morgan fingerprint density at radius 3 is 2.57 bits per heavy atom. The van der Waals surface area contributed by atoms with Crippen LogP contribution in [0.25, 0.3) is 10.8 Å². The van der Waals surface area contributed by atoms with Crippen LogP contribution in [0, 0.1) is 0 Å². The van der Waals surface area contributed by atoms with Crippen molar-refractivity contribution in [1.29, 1.82) is 0 Å². The topological polar surface area (TPSA) is 35.5 Å². The van der Waals surface area contributed by atoms with Gasteiger partial charge >= 0.3 is 8.56 Å². The lowest BCUT2D eigenvalue weighted by Gasteiger charge is -2.34. The zero-order chi connectivity index (χ0) is 16.8. The fourth-order valence-corrected chi connectivity index (χ4v) is 6.01. The van der Waals surface area contributed by atoms with Crippen molar-refractivity contribution >= 4 is 25.6 Å². The molecule has 0 heterocycles. The van der Waals surface area contributed by atoms with E-state index in [2.05, 4.69) is 46.0 Å². The van der Waals surface area contributed by atoms with Crippen LogP contribution >= 0.6 is 0 Å². The Bertz CT molecular complexity index is 759. The molecule has 2 aromatic rings. The molecular formula is C19H24O3Si. The van der Waals surface area contributed by atoms with E-state index in [1.165, 1.54) is 16.5 Å². The van der Waals surface area contributed by atoms with Crippen LogP contribution < -0.4 is 0 Å². The maximum Gasteiger partial charge on any atom is 0.332 e. The second kappa shape index (κ2) is 5.55. The number of aldehydes is 1. The molecule has 0 saturated heterocycles. The zero-order valence-corrected chi connectivity index (χ0v) is 15.5. The number of carbonyl (C=O) groups is 1. The average Bonchev–Trinajstić information content (AvgIpc) is 2.76. The van der Waals surface area contributed by atoms with Crippen molar-refractivity contribution in [2.45, 2.75) is 52.0 Å². The van der Waals surface area contributed by atoms with Crippen molar-refractivity contribution < 1.29 is 13.6 Å². The predicted molar refractivity (Wildman–Crippen MR) is 95.2 cm³/mol. The first-order valence-electron chi connectivity index (χ1n) is 8.08. The first-order chi connectivity index (χ1) is 10.7. The van der Waals surface area contributed by atoms with Gasteiger partial charge < -0.3 is 8.85 Å². The van der Waals surface area contributed by atoms with Gasteiger partial charge in [0.15, 0.2) is 6.29 Å². The summed E-state index contributed by atoms with van der Waals surface area (Å²) in [6.07, 6.45) is 1.79. The Hall–Kier alpha value is -1.49. The summed E-state index contributed by atoms with van der Waals surface area (Å²) in [5.74, 6) is 0. The molecular weight excluding hydrogens is 304 g/mol. The number of rotatable bonds is 4. The van der Waals surface area contributed by atoms with E-state index in [1.807, 2.05) is 18.2 Å². The van der Waals surface area contributed by atoms with Gasteiger partial charge in [0, 0.05) is 12.0 Å². The number of carbonyl (C=O) groups excluding carboxylic acids is 1. The van der Waals surface area contributed by atoms with E-state index in [0.29, 0.717) is 0 Å². The Balaban J connectivity index is 1.96. The van der Waals surface area contributed by atoms with Gasteiger partial charge in [-0.05, 0) is 55.8 Å². The fourth-order valence-electron chi connectivity index (χ4n) is 3.59. The molecule has 1 aliphatic carbocycles. The summed E-state index contributed by atoms with van der Waals surface area (Å²) in [5.41, 5.74) is 2.97. The summed E-state index contributed by atoms with van der Waals surface area (Å²) in [4.78, 5) is 11.3. The smallest absolute Gasteiger partial charge is 0.332 e. The summed E-state index contributed by atoms with van der Waals surface area (Å²) in [6, 6.07) is 10.1. The van der Waals surface area contributed by atoms with Gasteiger partial charge in [-0.2, -0.15) is 0 Å². The molecule has 3 nitrogen and oxygen atoms in total. The van der Waals surface area contributed by atoms with Gasteiger partial charge in [-0.25, -0.2) is 0 Å². The van der Waals surface area contributed by atoms with Crippen LogP contribution in [0.15, 0.2) is 30.3 Å². The lowest BCUT2D eigenvalue weighted by Crippen LogP contribution is -2.43. The molecule has 0 amide bonds. The third kappa shape index (κ3) is 3.25. The van der Waals surface area contributed by atoms with E-state index in [4.69, 9.17) is 8.85 Å². The minimum Gasteiger partial charge on any atom is -0.390 e. The SMILES string of the molecule is CC(C)(C)O[Si](C)(C)O[C@H]1Cc2ccc(C=O)c3cccc1c23. The maximum absolute atomic E-state index is 11.3. The first kappa shape index (κ1) is 16.4. The highest BCUT2D eigenvalue weighted by Crippen LogP contribution is 2.41. The second-order valence-electron chi connectivity index (χ2n) is 7.63. The summed E-state index contributed by atoms with van der Waals surface area (Å²) in [6.45, 7) is 10.4. The number of hydrogen-bond acceptors (Lipinski definition) is 3. The fraction of sp³-hybridized carbons (Fsp3) is 0.421. The van der Waals surface area contributed by atoms with Crippen molar-refractivity contribution in [3.05, 3.63) is 47.0 Å². The second-order valence-corrected chi connectivity index (χ2v) is 10.9. The van der Waals surface area contributed by atoms with Crippen LogP contribution in [-0.2, 0) is 15.3 Å². The minimum atomic E-state index is -2.25. The zero-order valence-electron chi connectivity index (χ0n) is 14.5. The molecule has 23 heavy (non-hydrogen) atoms. The van der Waals surface area contributed by atoms with Crippen molar-refractivity contribution in [3.8, 4) is 0 Å². The quantitative estimate of drug-likeness (QED) is 0.598. The van der Waals surface area contributed by atoms with Crippen LogP contribution in [0.3, 0.4) is 0 Å². The molecule has 0 fully saturated rings. The molecule has 0 aliphatic heterocycles. The van der Waals surface area contributed by atoms with Crippen molar-refractivity contribution in [2.24, 2.45) is 0 Å². The van der Waals surface area contributed by atoms with Crippen LogP contribution in [0.2, 0.25) is 13.1 Å². The van der Waals surface area contributed by atoms with Crippen LogP contribution in [0.1, 0.15) is 48.4 Å². The Morgan fingerprint density at radius 2 is 1.91 bits per heavy atom. The predicted octanol–water partition coefficient (Wildman–Crippen LogP) is 4.78. The summed E-state index contributed by atoms with van der Waals surface area (Å²) >= 11 is 0. The number of benzene rings is 2. The number of hydrogen-bond donors (Lipinski definition) is 0. The normalized spacial score (nSPS) is 17.7. The van der Waals surface area contributed by atoms with E-state index < -0.39 is 8.56 Å². The molecule has 0 saturated carbocycles. The van der Waals surface area contributed by atoms with Crippen molar-refractivity contribution in [3.63, 3.8) is 0 Å². The molecule has 2 aromatic carbocycles. The lowest BCUT2D eigenvalue weighted by molar-refractivity contribution is 0.0483. The van der Waals surface area contributed by atoms with Gasteiger partial charge in [0.2, 0.25) is 0 Å². The molecule has 0 unspecified atom stereocenters. The van der Waals surface area contributed by atoms with Crippen LogP contribution in [0.4, 0.5) is 0 Å². The average molecular weight is 328 g/mol. The summed E-state index contributed by atoms with van der Waals surface area (Å²) < 4.78 is 12.6. The Kier molecular flexibility index (Phi) is 3.95. The highest BCUT2D eigenvalue weighted by atomic mass is 28.4. The summed E-state index contributed by atoms with van der Waals surface area (Å²) in [5, 5.41) is 2.21. The van der Waals surface area contributed by atoms with Gasteiger partial charge in [0.05, 0.1) is 11.7 Å². The van der Waals surface area contributed by atoms with Gasteiger partial charge in [0.25, 0.3) is 0 Å². The standard InChI is InChI=1S/C19H24O3Si/c1-19(2,3)22-23(4,5)21-17-11-13-9-10-14(12-20)15-7-6-8-16(17)18(13)15/h6-10,12,17H,11H2,1-5H3/t17-/m0/s1. The molecule has 4 heteroatoms. The summed E-state index contributed by atoms with van der Waals surface area (Å²) in [7, 11) is -2.25. The molecule has 0 N–H and O–H groups in total. The third-order valence-corrected chi connectivity index (χ3v) is 6.01. The maximum atomic E-state index is 11.3. The highest BCUT2D eigenvalue weighted by Gasteiger charge is 2.36. The molecule has 0 radical (unpaired) electrons. The van der Waals surface area contributed by atoms with E-state index in [-0.39, 0.29) is 11.7 Å². The van der Waals surface area contributed by atoms with E-state index in [9.17, 15) is 4.79 Å². The van der Waals surface area contributed by atoms with Gasteiger partial charge in [-0.3, -0.25) is 4.79 Å².